The molecule has 0 aliphatic rings. The second-order valence-electron chi connectivity index (χ2n) is 3.30. The first-order chi connectivity index (χ1) is 6.54. The summed E-state index contributed by atoms with van der Waals surface area (Å²) in [6.45, 7) is 4.04. The van der Waals surface area contributed by atoms with Gasteiger partial charge in [0.25, 0.3) is 0 Å². The molecule has 14 heavy (non-hydrogen) atoms. The fourth-order valence-electron chi connectivity index (χ4n) is 1.02. The zero-order valence-electron chi connectivity index (χ0n) is 7.94. The van der Waals surface area contributed by atoms with Crippen molar-refractivity contribution in [2.75, 3.05) is 0 Å². The molecule has 0 bridgehead atoms. The summed E-state index contributed by atoms with van der Waals surface area (Å²) in [5.74, 6) is -0.720. The van der Waals surface area contributed by atoms with Gasteiger partial charge in [0.05, 0.1) is 5.01 Å². The number of hydrogen-bond acceptors (Lipinski definition) is 4. The number of carbonyl (C=O) groups is 1. The van der Waals surface area contributed by atoms with Gasteiger partial charge < -0.3 is 5.11 Å². The van der Waals surface area contributed by atoms with Crippen LogP contribution in [0.3, 0.4) is 0 Å². The van der Waals surface area contributed by atoms with Gasteiger partial charge in [0.1, 0.15) is 10.9 Å². The maximum Gasteiger partial charge on any atom is 0.356 e. The number of nitriles is 1. The molecule has 0 saturated carbocycles. The monoisotopic (exact) mass is 210 g/mol. The Morgan fingerprint density at radius 2 is 2.36 bits per heavy atom. The molecule has 0 fully saturated rings. The molecule has 0 unspecified atom stereocenters. The van der Waals surface area contributed by atoms with Crippen molar-refractivity contribution in [3.63, 3.8) is 0 Å². The maximum absolute atomic E-state index is 10.7. The van der Waals surface area contributed by atoms with Crippen molar-refractivity contribution in [3.05, 3.63) is 15.6 Å². The van der Waals surface area contributed by atoms with E-state index >= 15 is 0 Å². The molecule has 1 N–H and O–H groups in total. The third-order valence-electron chi connectivity index (χ3n) is 1.56. The van der Waals surface area contributed by atoms with Crippen molar-refractivity contribution >= 4 is 17.3 Å². The first kappa shape index (κ1) is 10.7. The highest BCUT2D eigenvalue weighted by Crippen LogP contribution is 2.20. The van der Waals surface area contributed by atoms with Crippen LogP contribution in [0.25, 0.3) is 0 Å². The Bertz CT molecular complexity index is 390. The molecule has 0 aliphatic heterocycles. The van der Waals surface area contributed by atoms with Gasteiger partial charge in [-0.25, -0.2) is 9.78 Å². The van der Waals surface area contributed by atoms with Crippen molar-refractivity contribution in [3.8, 4) is 6.07 Å². The number of aromatic nitrogens is 1. The molecule has 0 saturated heterocycles. The van der Waals surface area contributed by atoms with Gasteiger partial charge in [-0.15, -0.1) is 11.3 Å². The van der Waals surface area contributed by atoms with Gasteiger partial charge in [0.2, 0.25) is 0 Å². The summed E-state index contributed by atoms with van der Waals surface area (Å²) >= 11 is 1.16. The molecule has 0 aromatic carbocycles. The van der Waals surface area contributed by atoms with Gasteiger partial charge in [0.15, 0.2) is 5.69 Å². The molecule has 0 atom stereocenters. The molecule has 5 heteroatoms. The van der Waals surface area contributed by atoms with E-state index in [1.165, 1.54) is 0 Å². The van der Waals surface area contributed by atoms with E-state index < -0.39 is 5.97 Å². The normalized spacial score (nSPS) is 10.1. The molecule has 1 aromatic heterocycles. The lowest BCUT2D eigenvalue weighted by atomic mass is 10.1. The van der Waals surface area contributed by atoms with Crippen LogP contribution in [0.15, 0.2) is 0 Å². The fraction of sp³-hybridized carbons (Fsp3) is 0.444. The molecule has 1 heterocycles. The summed E-state index contributed by atoms with van der Waals surface area (Å²) < 4.78 is 0. The lowest BCUT2D eigenvalue weighted by Gasteiger charge is -1.97. The number of carboxylic acids is 1. The van der Waals surface area contributed by atoms with E-state index in [0.29, 0.717) is 17.3 Å². The lowest BCUT2D eigenvalue weighted by molar-refractivity contribution is 0.0691. The van der Waals surface area contributed by atoms with Gasteiger partial charge >= 0.3 is 5.97 Å². The quantitative estimate of drug-likeness (QED) is 0.827. The average molecular weight is 210 g/mol. The van der Waals surface area contributed by atoms with Crippen LogP contribution in [0.4, 0.5) is 0 Å². The van der Waals surface area contributed by atoms with Crippen LogP contribution in [0.2, 0.25) is 0 Å². The zero-order chi connectivity index (χ0) is 10.7. The van der Waals surface area contributed by atoms with Crippen molar-refractivity contribution < 1.29 is 9.90 Å². The Balaban J connectivity index is 3.02. The summed E-state index contributed by atoms with van der Waals surface area (Å²) in [7, 11) is 0. The summed E-state index contributed by atoms with van der Waals surface area (Å²) in [5, 5.41) is 18.1. The van der Waals surface area contributed by atoms with Crippen molar-refractivity contribution in [2.45, 2.75) is 20.3 Å². The molecule has 0 aliphatic carbocycles. The molecule has 74 valence electrons. The van der Waals surface area contributed by atoms with E-state index in [0.717, 1.165) is 11.3 Å². The highest BCUT2D eigenvalue weighted by Gasteiger charge is 2.17. The number of thiazole rings is 1. The molecule has 1 aromatic rings. The number of aromatic carboxylic acids is 1. The minimum atomic E-state index is -1.13. The van der Waals surface area contributed by atoms with Crippen molar-refractivity contribution in [2.24, 2.45) is 5.92 Å². The second-order valence-corrected chi connectivity index (χ2v) is 4.38. The number of hydrogen-bond donors (Lipinski definition) is 1. The molecular weight excluding hydrogens is 200 g/mol. The Morgan fingerprint density at radius 3 is 2.71 bits per heavy atom. The van der Waals surface area contributed by atoms with Gasteiger partial charge in [-0.3, -0.25) is 0 Å². The molecule has 4 nitrogen and oxygen atoms in total. The molecular formula is C9H10N2O2S. The predicted octanol–water partition coefficient (Wildman–Crippen LogP) is 1.91. The van der Waals surface area contributed by atoms with Crippen molar-refractivity contribution in [1.29, 1.82) is 5.26 Å². The van der Waals surface area contributed by atoms with Crippen LogP contribution < -0.4 is 0 Å². The average Bonchev–Trinajstić information content (AvgIpc) is 2.46. The van der Waals surface area contributed by atoms with Crippen LogP contribution in [0, 0.1) is 17.2 Å². The molecule has 0 radical (unpaired) electrons. The topological polar surface area (TPSA) is 74.0 Å². The van der Waals surface area contributed by atoms with Crippen LogP contribution in [-0.2, 0) is 6.42 Å². The molecule has 1 rings (SSSR count). The summed E-state index contributed by atoms with van der Waals surface area (Å²) in [4.78, 5) is 14.8. The van der Waals surface area contributed by atoms with Gasteiger partial charge in [-0.05, 0) is 5.92 Å². The highest BCUT2D eigenvalue weighted by atomic mass is 32.1. The minimum absolute atomic E-state index is 0.117. The van der Waals surface area contributed by atoms with E-state index in [-0.39, 0.29) is 10.6 Å². The first-order valence-corrected chi connectivity index (χ1v) is 4.99. The van der Waals surface area contributed by atoms with E-state index in [2.05, 4.69) is 4.98 Å². The predicted molar refractivity (Wildman–Crippen MR) is 52.3 cm³/mol. The van der Waals surface area contributed by atoms with Crippen molar-refractivity contribution in [1.82, 2.24) is 4.98 Å². The second kappa shape index (κ2) is 4.20. The number of nitrogens with zero attached hydrogens (tertiary/aromatic N) is 2. The van der Waals surface area contributed by atoms with Gasteiger partial charge in [-0.1, -0.05) is 13.8 Å². The molecule has 0 spiro atoms. The van der Waals surface area contributed by atoms with E-state index in [9.17, 15) is 4.79 Å². The smallest absolute Gasteiger partial charge is 0.356 e. The molecule has 0 amide bonds. The van der Waals surface area contributed by atoms with E-state index in [1.54, 1.807) is 0 Å². The first-order valence-electron chi connectivity index (χ1n) is 4.17. The Morgan fingerprint density at radius 1 is 1.71 bits per heavy atom. The lowest BCUT2D eigenvalue weighted by Crippen LogP contribution is -2.00. The fourth-order valence-corrected chi connectivity index (χ4v) is 2.09. The highest BCUT2D eigenvalue weighted by molar-refractivity contribution is 7.12. The van der Waals surface area contributed by atoms with E-state index in [4.69, 9.17) is 10.4 Å². The zero-order valence-corrected chi connectivity index (χ0v) is 8.76. The third-order valence-corrected chi connectivity index (χ3v) is 2.54. The maximum atomic E-state index is 10.7. The summed E-state index contributed by atoms with van der Waals surface area (Å²) in [6.07, 6.45) is 0.715. The SMILES string of the molecule is CC(C)Cc1nc(C(=O)O)c(C#N)s1. The third kappa shape index (κ3) is 2.30. The van der Waals surface area contributed by atoms with Crippen LogP contribution >= 0.6 is 11.3 Å². The minimum Gasteiger partial charge on any atom is -0.476 e. The Labute approximate surface area is 85.8 Å². The van der Waals surface area contributed by atoms with Crippen LogP contribution in [-0.4, -0.2) is 16.1 Å². The van der Waals surface area contributed by atoms with Crippen LogP contribution in [0.5, 0.6) is 0 Å². The summed E-state index contributed by atoms with van der Waals surface area (Å²) in [6, 6.07) is 1.85. The van der Waals surface area contributed by atoms with E-state index in [1.807, 2.05) is 19.9 Å². The number of rotatable bonds is 3. The summed E-state index contributed by atoms with van der Waals surface area (Å²) in [5.41, 5.74) is -0.117. The Hall–Kier alpha value is -1.41. The van der Waals surface area contributed by atoms with Crippen LogP contribution in [0.1, 0.15) is 34.2 Å². The largest absolute Gasteiger partial charge is 0.476 e. The van der Waals surface area contributed by atoms with Gasteiger partial charge in [-0.2, -0.15) is 5.26 Å². The Kier molecular flexibility index (Phi) is 3.20. The van der Waals surface area contributed by atoms with Gasteiger partial charge in [0, 0.05) is 6.42 Å². The standard InChI is InChI=1S/C9H10N2O2S/c1-5(2)3-7-11-8(9(12)13)6(4-10)14-7/h5H,3H2,1-2H3,(H,12,13). The number of carboxylic acid groups (broad SMARTS) is 1.